The molecule has 6 rings (SSSR count). The van der Waals surface area contributed by atoms with Gasteiger partial charge < -0.3 is 19.5 Å². The van der Waals surface area contributed by atoms with Crippen LogP contribution < -0.4 is 19.3 Å². The molecule has 37 heavy (non-hydrogen) atoms. The largest absolute Gasteiger partial charge is 0.507 e. The van der Waals surface area contributed by atoms with E-state index in [9.17, 15) is 14.7 Å². The number of anilines is 2. The second-order valence-corrected chi connectivity index (χ2v) is 9.65. The van der Waals surface area contributed by atoms with Gasteiger partial charge in [-0.25, -0.2) is 0 Å². The third-order valence-corrected chi connectivity index (χ3v) is 7.22. The van der Waals surface area contributed by atoms with Gasteiger partial charge in [-0.2, -0.15) is 0 Å². The Morgan fingerprint density at radius 2 is 1.57 bits per heavy atom. The number of rotatable bonds is 4. The number of nitrogens with zero attached hydrogens (tertiary/aromatic N) is 2. The van der Waals surface area contributed by atoms with Crippen molar-refractivity contribution in [1.29, 1.82) is 0 Å². The summed E-state index contributed by atoms with van der Waals surface area (Å²) < 4.78 is 11.3. The molecule has 3 aromatic rings. The molecule has 0 aromatic heterocycles. The highest BCUT2D eigenvalue weighted by molar-refractivity contribution is 6.51. The van der Waals surface area contributed by atoms with Gasteiger partial charge in [-0.1, -0.05) is 29.8 Å². The fraction of sp³-hybridized carbons (Fsp3) is 0.267. The minimum absolute atomic E-state index is 0.0518. The number of ether oxygens (including phenoxy) is 2. The van der Waals surface area contributed by atoms with E-state index < -0.39 is 17.7 Å². The van der Waals surface area contributed by atoms with Crippen LogP contribution in [0.1, 0.15) is 35.6 Å². The average molecular weight is 497 g/mol. The monoisotopic (exact) mass is 496 g/mol. The highest BCUT2D eigenvalue weighted by Crippen LogP contribution is 2.43. The van der Waals surface area contributed by atoms with Crippen LogP contribution in [-0.2, 0) is 9.59 Å². The number of carbonyl (C=O) groups excluding carboxylic acids is 2. The van der Waals surface area contributed by atoms with Gasteiger partial charge in [0.2, 0.25) is 0 Å². The summed E-state index contributed by atoms with van der Waals surface area (Å²) in [5.74, 6) is -0.550. The third-order valence-electron chi connectivity index (χ3n) is 7.22. The molecule has 2 saturated heterocycles. The predicted octanol–water partition coefficient (Wildman–Crippen LogP) is 4.99. The molecule has 7 heteroatoms. The number of carbonyl (C=O) groups is 2. The van der Waals surface area contributed by atoms with Gasteiger partial charge in [-0.15, -0.1) is 0 Å². The summed E-state index contributed by atoms with van der Waals surface area (Å²) in [5, 5.41) is 11.4. The third kappa shape index (κ3) is 4.10. The zero-order valence-corrected chi connectivity index (χ0v) is 20.6. The summed E-state index contributed by atoms with van der Waals surface area (Å²) in [5.41, 5.74) is 3.90. The molecule has 1 unspecified atom stereocenters. The minimum atomic E-state index is -0.772. The second kappa shape index (κ2) is 9.32. The van der Waals surface area contributed by atoms with Crippen LogP contribution in [0.15, 0.2) is 72.3 Å². The summed E-state index contributed by atoms with van der Waals surface area (Å²) in [4.78, 5) is 30.7. The number of aliphatic hydroxyl groups excluding tert-OH is 1. The molecule has 0 radical (unpaired) electrons. The molecule has 0 spiro atoms. The van der Waals surface area contributed by atoms with E-state index >= 15 is 0 Å². The number of fused-ring (bicyclic) bond motifs is 1. The van der Waals surface area contributed by atoms with Crippen LogP contribution >= 0.6 is 0 Å². The first kappa shape index (κ1) is 23.2. The second-order valence-electron chi connectivity index (χ2n) is 9.65. The summed E-state index contributed by atoms with van der Waals surface area (Å²) in [7, 11) is 0. The molecule has 2 fully saturated rings. The van der Waals surface area contributed by atoms with Crippen LogP contribution in [0.4, 0.5) is 11.4 Å². The lowest BCUT2D eigenvalue weighted by Crippen LogP contribution is -2.29. The molecule has 3 aromatic carbocycles. The maximum absolute atomic E-state index is 13.5. The molecule has 7 nitrogen and oxygen atoms in total. The molecule has 3 aliphatic heterocycles. The van der Waals surface area contributed by atoms with Gasteiger partial charge in [0.1, 0.15) is 19.0 Å². The first-order valence-electron chi connectivity index (χ1n) is 12.6. The summed E-state index contributed by atoms with van der Waals surface area (Å²) in [6.07, 6.45) is 2.34. The summed E-state index contributed by atoms with van der Waals surface area (Å²) in [6, 6.07) is 19.7. The molecule has 0 saturated carbocycles. The minimum Gasteiger partial charge on any atom is -0.507 e. The van der Waals surface area contributed by atoms with Crippen molar-refractivity contribution < 1.29 is 24.2 Å². The van der Waals surface area contributed by atoms with Crippen LogP contribution in [0.3, 0.4) is 0 Å². The Balaban J connectivity index is 1.46. The lowest BCUT2D eigenvalue weighted by molar-refractivity contribution is -0.132. The van der Waals surface area contributed by atoms with Gasteiger partial charge in [0, 0.05) is 30.0 Å². The van der Waals surface area contributed by atoms with E-state index in [0.29, 0.717) is 36.0 Å². The van der Waals surface area contributed by atoms with Crippen molar-refractivity contribution in [2.24, 2.45) is 0 Å². The molecule has 1 amide bonds. The lowest BCUT2D eigenvalue weighted by Gasteiger charge is -2.26. The number of aryl methyl sites for hydroxylation is 1. The molecule has 0 aliphatic carbocycles. The quantitative estimate of drug-likeness (QED) is 0.311. The van der Waals surface area contributed by atoms with Crippen LogP contribution in [0, 0.1) is 6.92 Å². The molecule has 3 aliphatic rings. The number of hydrogen-bond donors (Lipinski definition) is 1. The number of amides is 1. The van der Waals surface area contributed by atoms with Gasteiger partial charge in [-0.05, 0) is 67.8 Å². The normalized spacial score (nSPS) is 20.5. The number of Topliss-reactive ketones (excluding diaryl/α,β-unsaturated/α-hetero) is 1. The number of hydrogen-bond acceptors (Lipinski definition) is 6. The number of ketones is 1. The molecule has 188 valence electrons. The van der Waals surface area contributed by atoms with Gasteiger partial charge in [0.15, 0.2) is 11.5 Å². The predicted molar refractivity (Wildman–Crippen MR) is 141 cm³/mol. The number of benzene rings is 3. The van der Waals surface area contributed by atoms with Crippen LogP contribution in [0.25, 0.3) is 5.76 Å². The zero-order chi connectivity index (χ0) is 25.5. The standard InChI is InChI=1S/C30H28N2O5/c1-19-5-4-6-20(17-19)27-26(28(33)21-7-12-24-25(18-21)37-16-15-36-24)29(34)30(35)32(27)23-10-8-22(9-11-23)31-13-2-3-14-31/h4-12,17-18,27,33H,2-3,13-16H2,1H3/b28-26-. The Kier molecular flexibility index (Phi) is 5.83. The van der Waals surface area contributed by atoms with E-state index in [1.54, 1.807) is 18.2 Å². The first-order valence-corrected chi connectivity index (χ1v) is 12.6. The Labute approximate surface area is 215 Å². The Bertz CT molecular complexity index is 1410. The molecule has 1 atom stereocenters. The van der Waals surface area contributed by atoms with Crippen LogP contribution in [0.2, 0.25) is 0 Å². The van der Waals surface area contributed by atoms with E-state index in [1.807, 2.05) is 55.5 Å². The van der Waals surface area contributed by atoms with E-state index in [-0.39, 0.29) is 11.3 Å². The topological polar surface area (TPSA) is 79.3 Å². The lowest BCUT2D eigenvalue weighted by atomic mass is 9.94. The highest BCUT2D eigenvalue weighted by atomic mass is 16.6. The van der Waals surface area contributed by atoms with Gasteiger partial charge >= 0.3 is 0 Å². The summed E-state index contributed by atoms with van der Waals surface area (Å²) in [6.45, 7) is 4.85. The Hall–Kier alpha value is -4.26. The van der Waals surface area contributed by atoms with E-state index in [2.05, 4.69) is 4.90 Å². The summed E-state index contributed by atoms with van der Waals surface area (Å²) >= 11 is 0. The van der Waals surface area contributed by atoms with Crippen molar-refractivity contribution in [2.75, 3.05) is 36.1 Å². The molecule has 1 N–H and O–H groups in total. The Morgan fingerprint density at radius 1 is 0.865 bits per heavy atom. The van der Waals surface area contributed by atoms with Crippen molar-refractivity contribution >= 4 is 28.8 Å². The van der Waals surface area contributed by atoms with E-state index in [4.69, 9.17) is 9.47 Å². The molecule has 3 heterocycles. The van der Waals surface area contributed by atoms with Crippen molar-refractivity contribution in [3.8, 4) is 11.5 Å². The molecular weight excluding hydrogens is 468 g/mol. The van der Waals surface area contributed by atoms with Crippen molar-refractivity contribution in [2.45, 2.75) is 25.8 Å². The van der Waals surface area contributed by atoms with E-state index in [1.165, 1.54) is 17.7 Å². The van der Waals surface area contributed by atoms with Crippen molar-refractivity contribution in [3.05, 3.63) is 89.0 Å². The van der Waals surface area contributed by atoms with Crippen LogP contribution in [0.5, 0.6) is 11.5 Å². The first-order chi connectivity index (χ1) is 18.0. The number of aliphatic hydroxyl groups is 1. The van der Waals surface area contributed by atoms with Crippen molar-refractivity contribution in [1.82, 2.24) is 0 Å². The maximum Gasteiger partial charge on any atom is 0.300 e. The fourth-order valence-corrected chi connectivity index (χ4v) is 5.40. The maximum atomic E-state index is 13.5. The molecule has 0 bridgehead atoms. The van der Waals surface area contributed by atoms with Crippen molar-refractivity contribution in [3.63, 3.8) is 0 Å². The highest BCUT2D eigenvalue weighted by Gasteiger charge is 2.47. The average Bonchev–Trinajstić information content (AvgIpc) is 3.55. The van der Waals surface area contributed by atoms with Gasteiger partial charge in [0.25, 0.3) is 11.7 Å². The smallest absolute Gasteiger partial charge is 0.300 e. The van der Waals surface area contributed by atoms with Gasteiger partial charge in [0.05, 0.1) is 11.6 Å². The SMILES string of the molecule is Cc1cccc(C2/C(=C(/O)c3ccc4c(c3)OCCO4)C(=O)C(=O)N2c2ccc(N3CCCC3)cc2)c1. The fourth-order valence-electron chi connectivity index (χ4n) is 5.40. The zero-order valence-electron chi connectivity index (χ0n) is 20.6. The Morgan fingerprint density at radius 3 is 2.30 bits per heavy atom. The van der Waals surface area contributed by atoms with E-state index in [0.717, 1.165) is 29.9 Å². The van der Waals surface area contributed by atoms with Gasteiger partial charge in [-0.3, -0.25) is 14.5 Å². The van der Waals surface area contributed by atoms with Crippen LogP contribution in [-0.4, -0.2) is 43.1 Å². The molecular formula is C30H28N2O5.